The van der Waals surface area contributed by atoms with Crippen LogP contribution in [0.15, 0.2) is 53.4 Å². The fourth-order valence-corrected chi connectivity index (χ4v) is 4.16. The highest BCUT2D eigenvalue weighted by Crippen LogP contribution is 2.23. The molecule has 27 heavy (non-hydrogen) atoms. The van der Waals surface area contributed by atoms with Gasteiger partial charge in [0.25, 0.3) is 5.91 Å². The number of carbonyl (C=O) groups is 1. The Bertz CT molecular complexity index is 912. The van der Waals surface area contributed by atoms with Crippen LogP contribution in [0.3, 0.4) is 0 Å². The summed E-state index contributed by atoms with van der Waals surface area (Å²) in [5.41, 5.74) is 7.35. The Morgan fingerprint density at radius 2 is 1.85 bits per heavy atom. The zero-order valence-corrected chi connectivity index (χ0v) is 15.8. The summed E-state index contributed by atoms with van der Waals surface area (Å²) in [5, 5.41) is 0. The topological polar surface area (TPSA) is 98.9 Å². The molecule has 0 saturated heterocycles. The molecule has 1 amide bonds. The van der Waals surface area contributed by atoms with Crippen molar-refractivity contribution in [3.63, 3.8) is 0 Å². The molecular weight excluding hydrogens is 368 g/mol. The van der Waals surface area contributed by atoms with E-state index in [1.165, 1.54) is 41.2 Å². The summed E-state index contributed by atoms with van der Waals surface area (Å²) in [6.07, 6.45) is 0.480. The number of ether oxygens (including phenoxy) is 2. The number of carbonyl (C=O) groups excluding carboxylic acids is 1. The van der Waals surface area contributed by atoms with E-state index in [2.05, 4.69) is 0 Å². The maximum atomic E-state index is 12.8. The van der Waals surface area contributed by atoms with E-state index in [0.717, 1.165) is 5.56 Å². The maximum absolute atomic E-state index is 12.8. The van der Waals surface area contributed by atoms with Crippen LogP contribution in [0, 0.1) is 0 Å². The molecule has 8 heteroatoms. The number of likely N-dealkylation sites (N-methyl/N-ethyl adjacent to an activating group) is 1. The van der Waals surface area contributed by atoms with Crippen LogP contribution >= 0.6 is 0 Å². The highest BCUT2D eigenvalue weighted by molar-refractivity contribution is 7.89. The monoisotopic (exact) mass is 390 g/mol. The SMILES string of the molecule is CN(C[C@@H]1Cc2ccccc2CO1)S(=O)(=O)c1ccc(OCC(N)=O)cc1. The van der Waals surface area contributed by atoms with Crippen LogP contribution < -0.4 is 10.5 Å². The standard InChI is InChI=1S/C19H22N2O5S/c1-21(11-17-10-14-4-2-3-5-15(14)12-25-17)27(23,24)18-8-6-16(7-9-18)26-13-19(20)22/h2-9,17H,10-13H2,1H3,(H2,20,22)/t17-/m0/s1. The van der Waals surface area contributed by atoms with Crippen molar-refractivity contribution in [2.45, 2.75) is 24.0 Å². The van der Waals surface area contributed by atoms with Gasteiger partial charge in [-0.05, 0) is 35.4 Å². The Labute approximate surface area is 158 Å². The fourth-order valence-electron chi connectivity index (χ4n) is 2.95. The zero-order valence-electron chi connectivity index (χ0n) is 15.0. The highest BCUT2D eigenvalue weighted by atomic mass is 32.2. The van der Waals surface area contributed by atoms with Crippen LogP contribution in [0.25, 0.3) is 0 Å². The van der Waals surface area contributed by atoms with Crippen LogP contribution in [0.1, 0.15) is 11.1 Å². The van der Waals surface area contributed by atoms with Crippen molar-refractivity contribution in [2.24, 2.45) is 5.73 Å². The van der Waals surface area contributed by atoms with Crippen molar-refractivity contribution >= 4 is 15.9 Å². The summed E-state index contributed by atoms with van der Waals surface area (Å²) in [4.78, 5) is 10.9. The van der Waals surface area contributed by atoms with Crippen molar-refractivity contribution in [3.05, 3.63) is 59.7 Å². The Balaban J connectivity index is 1.65. The second kappa shape index (κ2) is 8.08. The van der Waals surface area contributed by atoms with Crippen molar-refractivity contribution in [3.8, 4) is 5.75 Å². The molecule has 0 bridgehead atoms. The minimum absolute atomic E-state index is 0.146. The lowest BCUT2D eigenvalue weighted by atomic mass is 9.99. The summed E-state index contributed by atoms with van der Waals surface area (Å²) >= 11 is 0. The van der Waals surface area contributed by atoms with E-state index in [1.54, 1.807) is 0 Å². The summed E-state index contributed by atoms with van der Waals surface area (Å²) < 4.78 is 37.8. The summed E-state index contributed by atoms with van der Waals surface area (Å²) in [7, 11) is -2.12. The Kier molecular flexibility index (Phi) is 5.79. The first-order valence-corrected chi connectivity index (χ1v) is 9.96. The molecule has 0 fully saturated rings. The third kappa shape index (κ3) is 4.65. The number of primary amides is 1. The van der Waals surface area contributed by atoms with Crippen molar-refractivity contribution in [1.29, 1.82) is 0 Å². The minimum Gasteiger partial charge on any atom is -0.484 e. The van der Waals surface area contributed by atoms with Gasteiger partial charge in [0.1, 0.15) is 5.75 Å². The van der Waals surface area contributed by atoms with Gasteiger partial charge in [-0.15, -0.1) is 0 Å². The first-order valence-electron chi connectivity index (χ1n) is 8.52. The van der Waals surface area contributed by atoms with Crippen molar-refractivity contribution in [2.75, 3.05) is 20.2 Å². The second-order valence-corrected chi connectivity index (χ2v) is 8.46. The Morgan fingerprint density at radius 3 is 2.52 bits per heavy atom. The quantitative estimate of drug-likeness (QED) is 0.769. The molecular formula is C19H22N2O5S. The summed E-state index contributed by atoms with van der Waals surface area (Å²) in [6.45, 7) is 0.490. The van der Waals surface area contributed by atoms with Gasteiger partial charge in [-0.25, -0.2) is 8.42 Å². The van der Waals surface area contributed by atoms with Crippen molar-refractivity contribution in [1.82, 2.24) is 4.31 Å². The van der Waals surface area contributed by atoms with E-state index in [1.807, 2.05) is 24.3 Å². The summed E-state index contributed by atoms with van der Waals surface area (Å²) in [6, 6.07) is 13.9. The smallest absolute Gasteiger partial charge is 0.255 e. The largest absolute Gasteiger partial charge is 0.484 e. The van der Waals surface area contributed by atoms with Gasteiger partial charge in [0.05, 0.1) is 17.6 Å². The number of benzene rings is 2. The molecule has 2 aromatic rings. The van der Waals surface area contributed by atoms with Gasteiger partial charge in [0.2, 0.25) is 10.0 Å². The lowest BCUT2D eigenvalue weighted by Gasteiger charge is -2.28. The summed E-state index contributed by atoms with van der Waals surface area (Å²) in [5.74, 6) is -0.219. The molecule has 1 heterocycles. The number of sulfonamides is 1. The number of hydrogen-bond acceptors (Lipinski definition) is 5. The molecule has 0 aromatic heterocycles. The van der Waals surface area contributed by atoms with Crippen molar-refractivity contribution < 1.29 is 22.7 Å². The van der Waals surface area contributed by atoms with Gasteiger partial charge in [-0.3, -0.25) is 4.79 Å². The van der Waals surface area contributed by atoms with Gasteiger partial charge in [-0.1, -0.05) is 24.3 Å². The third-order valence-electron chi connectivity index (χ3n) is 4.41. The molecule has 0 spiro atoms. The van der Waals surface area contributed by atoms with Crippen LogP contribution in [-0.2, 0) is 32.6 Å². The number of nitrogens with two attached hydrogens (primary N) is 1. The number of fused-ring (bicyclic) bond motifs is 1. The molecule has 2 N–H and O–H groups in total. The van der Waals surface area contributed by atoms with E-state index in [4.69, 9.17) is 15.2 Å². The Morgan fingerprint density at radius 1 is 1.19 bits per heavy atom. The van der Waals surface area contributed by atoms with Gasteiger partial charge in [0.15, 0.2) is 6.61 Å². The molecule has 3 rings (SSSR count). The highest BCUT2D eigenvalue weighted by Gasteiger charge is 2.26. The minimum atomic E-state index is -3.66. The first-order chi connectivity index (χ1) is 12.9. The number of hydrogen-bond donors (Lipinski definition) is 1. The van der Waals surface area contributed by atoms with E-state index in [0.29, 0.717) is 18.8 Å². The predicted octanol–water partition coefficient (Wildman–Crippen LogP) is 1.31. The lowest BCUT2D eigenvalue weighted by molar-refractivity contribution is -0.119. The molecule has 0 aliphatic carbocycles. The molecule has 0 radical (unpaired) electrons. The van der Waals surface area contributed by atoms with Crippen LogP contribution in [-0.4, -0.2) is 44.9 Å². The van der Waals surface area contributed by atoms with Gasteiger partial charge in [-0.2, -0.15) is 4.31 Å². The normalized spacial score (nSPS) is 16.7. The predicted molar refractivity (Wildman–Crippen MR) is 99.7 cm³/mol. The molecule has 1 aliphatic heterocycles. The average Bonchev–Trinajstić information content (AvgIpc) is 2.66. The third-order valence-corrected chi connectivity index (χ3v) is 6.25. The van der Waals surface area contributed by atoms with E-state index < -0.39 is 15.9 Å². The number of amides is 1. The Hall–Kier alpha value is -2.42. The van der Waals surface area contributed by atoms with Gasteiger partial charge < -0.3 is 15.2 Å². The molecule has 7 nitrogen and oxygen atoms in total. The molecule has 0 unspecified atom stereocenters. The fraction of sp³-hybridized carbons (Fsp3) is 0.316. The second-order valence-electron chi connectivity index (χ2n) is 6.42. The molecule has 144 valence electrons. The van der Waals surface area contributed by atoms with Gasteiger partial charge >= 0.3 is 0 Å². The molecule has 1 aliphatic rings. The number of rotatable bonds is 7. The maximum Gasteiger partial charge on any atom is 0.255 e. The molecule has 2 aromatic carbocycles. The van der Waals surface area contributed by atoms with E-state index >= 15 is 0 Å². The average molecular weight is 390 g/mol. The molecule has 1 atom stereocenters. The van der Waals surface area contributed by atoms with Gasteiger partial charge in [0, 0.05) is 20.0 Å². The molecule has 0 saturated carbocycles. The van der Waals surface area contributed by atoms with Crippen LogP contribution in [0.5, 0.6) is 5.75 Å². The van der Waals surface area contributed by atoms with Crippen LogP contribution in [0.4, 0.5) is 0 Å². The van der Waals surface area contributed by atoms with Crippen LogP contribution in [0.2, 0.25) is 0 Å². The van der Waals surface area contributed by atoms with E-state index in [-0.39, 0.29) is 24.2 Å². The lowest BCUT2D eigenvalue weighted by Crippen LogP contribution is -2.38. The number of nitrogens with zero attached hydrogens (tertiary/aromatic N) is 1. The van der Waals surface area contributed by atoms with E-state index in [9.17, 15) is 13.2 Å². The zero-order chi connectivity index (χ0) is 19.4. The first kappa shape index (κ1) is 19.3.